The minimum absolute atomic E-state index is 0.193. The van der Waals surface area contributed by atoms with Crippen LogP contribution in [0, 0.1) is 5.82 Å². The summed E-state index contributed by atoms with van der Waals surface area (Å²) in [4.78, 5) is 21.1. The number of piperazine rings is 1. The third-order valence-electron chi connectivity index (χ3n) is 7.01. The zero-order valence-corrected chi connectivity index (χ0v) is 20.4. The van der Waals surface area contributed by atoms with Gasteiger partial charge < -0.3 is 9.47 Å². The van der Waals surface area contributed by atoms with Gasteiger partial charge in [0.15, 0.2) is 0 Å². The highest BCUT2D eigenvalue weighted by molar-refractivity contribution is 5.93. The molecule has 4 aromatic rings. The smallest absolute Gasteiger partial charge is 0.274 e. The first-order valence-electron chi connectivity index (χ1n) is 12.2. The van der Waals surface area contributed by atoms with E-state index in [-0.39, 0.29) is 5.82 Å². The van der Waals surface area contributed by atoms with Gasteiger partial charge in [0, 0.05) is 67.3 Å². The molecule has 0 saturated carbocycles. The van der Waals surface area contributed by atoms with Gasteiger partial charge in [0.05, 0.1) is 0 Å². The molecule has 1 fully saturated rings. The van der Waals surface area contributed by atoms with Crippen molar-refractivity contribution in [2.24, 2.45) is 0 Å². The van der Waals surface area contributed by atoms with Gasteiger partial charge in [0.2, 0.25) is 0 Å². The van der Waals surface area contributed by atoms with Crippen LogP contribution in [-0.2, 0) is 13.1 Å². The van der Waals surface area contributed by atoms with Crippen LogP contribution < -0.4 is 10.4 Å². The molecule has 2 aromatic heterocycles. The molecule has 1 unspecified atom stereocenters. The molecule has 1 aliphatic rings. The normalized spacial score (nSPS) is 18.5. The molecule has 1 amide bonds. The van der Waals surface area contributed by atoms with Crippen LogP contribution >= 0.6 is 0 Å². The van der Waals surface area contributed by atoms with Gasteiger partial charge >= 0.3 is 0 Å². The summed E-state index contributed by atoms with van der Waals surface area (Å²) >= 11 is 0. The topological polar surface area (TPSA) is 73.6 Å². The molecule has 1 saturated heterocycles. The van der Waals surface area contributed by atoms with Crippen LogP contribution in [0.15, 0.2) is 73.1 Å². The van der Waals surface area contributed by atoms with Crippen molar-refractivity contribution in [1.29, 1.82) is 0 Å². The maximum absolute atomic E-state index is 13.7. The van der Waals surface area contributed by atoms with E-state index in [4.69, 9.17) is 5.21 Å². The van der Waals surface area contributed by atoms with Crippen LogP contribution in [0.5, 0.6) is 0 Å². The molecule has 3 heterocycles. The molecule has 0 spiro atoms. The number of amides is 1. The Labute approximate surface area is 209 Å². The number of hydrogen-bond acceptors (Lipinski definition) is 5. The average molecular weight is 488 g/mol. The number of anilines is 1. The lowest BCUT2D eigenvalue weighted by Gasteiger charge is -2.45. The van der Waals surface area contributed by atoms with Crippen molar-refractivity contribution in [3.63, 3.8) is 0 Å². The summed E-state index contributed by atoms with van der Waals surface area (Å²) < 4.78 is 15.8. The van der Waals surface area contributed by atoms with Crippen molar-refractivity contribution < 1.29 is 14.4 Å². The molecule has 8 heteroatoms. The van der Waals surface area contributed by atoms with Gasteiger partial charge in [-0.1, -0.05) is 24.3 Å². The summed E-state index contributed by atoms with van der Waals surface area (Å²) in [5.41, 5.74) is 6.16. The van der Waals surface area contributed by atoms with Gasteiger partial charge in [-0.25, -0.2) is 14.9 Å². The highest BCUT2D eigenvalue weighted by Crippen LogP contribution is 2.30. The lowest BCUT2D eigenvalue weighted by molar-refractivity contribution is 0.0706. The Hall–Kier alpha value is -3.75. The van der Waals surface area contributed by atoms with Crippen molar-refractivity contribution in [3.05, 3.63) is 95.6 Å². The number of fused-ring (bicyclic) bond motifs is 1. The second kappa shape index (κ2) is 10.1. The van der Waals surface area contributed by atoms with Crippen molar-refractivity contribution >= 4 is 22.6 Å². The number of pyridine rings is 1. The number of benzene rings is 2. The largest absolute Gasteiger partial charge is 0.368 e. The number of halogens is 1. The van der Waals surface area contributed by atoms with E-state index in [1.807, 2.05) is 30.6 Å². The first kappa shape index (κ1) is 24.0. The molecule has 0 bridgehead atoms. The van der Waals surface area contributed by atoms with E-state index in [1.54, 1.807) is 29.7 Å². The zero-order chi connectivity index (χ0) is 25.2. The van der Waals surface area contributed by atoms with Crippen LogP contribution in [0.3, 0.4) is 0 Å². The van der Waals surface area contributed by atoms with Crippen molar-refractivity contribution in [2.45, 2.75) is 39.0 Å². The summed E-state index contributed by atoms with van der Waals surface area (Å²) in [5, 5.41) is 9.91. The van der Waals surface area contributed by atoms with E-state index in [1.165, 1.54) is 6.07 Å². The molecular weight excluding hydrogens is 457 g/mol. The first-order valence-corrected chi connectivity index (χ1v) is 12.2. The number of rotatable bonds is 6. The molecule has 0 aliphatic carbocycles. The maximum Gasteiger partial charge on any atom is 0.274 e. The number of hydroxylamine groups is 1. The van der Waals surface area contributed by atoms with Crippen molar-refractivity contribution in [1.82, 2.24) is 19.9 Å². The Kier molecular flexibility index (Phi) is 6.71. The second-order valence-electron chi connectivity index (χ2n) is 9.55. The summed E-state index contributed by atoms with van der Waals surface area (Å²) in [7, 11) is 0. The molecule has 2 aromatic carbocycles. The average Bonchev–Trinajstić information content (AvgIpc) is 3.29. The molecule has 7 nitrogen and oxygen atoms in total. The molecular formula is C28H30FN5O2. The third-order valence-corrected chi connectivity index (χ3v) is 7.01. The van der Waals surface area contributed by atoms with Gasteiger partial charge in [-0.2, -0.15) is 0 Å². The Morgan fingerprint density at radius 1 is 1.03 bits per heavy atom. The second-order valence-corrected chi connectivity index (χ2v) is 9.55. The predicted molar refractivity (Wildman–Crippen MR) is 138 cm³/mol. The van der Waals surface area contributed by atoms with Gasteiger partial charge in [-0.15, -0.1) is 0 Å². The summed E-state index contributed by atoms with van der Waals surface area (Å²) in [6.45, 7) is 7.55. The predicted octanol–water partition coefficient (Wildman–Crippen LogP) is 4.44. The van der Waals surface area contributed by atoms with Gasteiger partial charge in [-0.05, 0) is 61.4 Å². The lowest BCUT2D eigenvalue weighted by Crippen LogP contribution is -2.56. The fraction of sp³-hybridized carbons (Fsp3) is 0.286. The number of nitrogens with zero attached hydrogens (tertiary/aromatic N) is 4. The monoisotopic (exact) mass is 487 g/mol. The minimum Gasteiger partial charge on any atom is -0.368 e. The Bertz CT molecular complexity index is 1360. The Morgan fingerprint density at radius 3 is 2.47 bits per heavy atom. The summed E-state index contributed by atoms with van der Waals surface area (Å²) in [6.07, 6.45) is 3.90. The molecule has 5 rings (SSSR count). The molecule has 36 heavy (non-hydrogen) atoms. The summed E-state index contributed by atoms with van der Waals surface area (Å²) in [6, 6.07) is 18.8. The molecule has 0 radical (unpaired) electrons. The van der Waals surface area contributed by atoms with Crippen molar-refractivity contribution in [3.8, 4) is 0 Å². The standard InChI is InChI=1S/C28H30FN5O2/c1-19-15-33(16-20(2)34(19)18-22-4-3-5-24(29)14-22)26-10-12-30-27-25(26)11-13-32(27)17-21-6-8-23(9-7-21)28(35)31-36/h3-14,19-20,36H,15-18H2,1-2H3,(H,31,35)/t19-,20?/m0/s1. The SMILES string of the molecule is CC1CN(c2ccnc3c2ccn3Cc2ccc(C(=O)NO)cc2)C[C@H](C)N1Cc1cccc(F)c1. The number of carbonyl (C=O) groups excluding carboxylic acids is 1. The summed E-state index contributed by atoms with van der Waals surface area (Å²) in [5.74, 6) is -0.722. The Balaban J connectivity index is 1.34. The third kappa shape index (κ3) is 4.82. The quantitative estimate of drug-likeness (QED) is 0.311. The number of aromatic nitrogens is 2. The molecule has 1 aliphatic heterocycles. The Morgan fingerprint density at radius 2 is 1.78 bits per heavy atom. The minimum atomic E-state index is -0.529. The van der Waals surface area contributed by atoms with Crippen LogP contribution in [0.4, 0.5) is 10.1 Å². The highest BCUT2D eigenvalue weighted by atomic mass is 19.1. The van der Waals surface area contributed by atoms with Crippen LogP contribution in [0.1, 0.15) is 35.3 Å². The number of nitrogens with one attached hydrogen (secondary N) is 1. The molecule has 186 valence electrons. The van der Waals surface area contributed by atoms with E-state index in [0.29, 0.717) is 24.2 Å². The van der Waals surface area contributed by atoms with Gasteiger partial charge in [-0.3, -0.25) is 14.9 Å². The van der Waals surface area contributed by atoms with E-state index < -0.39 is 5.91 Å². The fourth-order valence-corrected chi connectivity index (χ4v) is 5.21. The number of hydrogen-bond donors (Lipinski definition) is 2. The van der Waals surface area contributed by atoms with E-state index >= 15 is 0 Å². The van der Waals surface area contributed by atoms with Gasteiger partial charge in [0.25, 0.3) is 5.91 Å². The van der Waals surface area contributed by atoms with Crippen LogP contribution in [0.25, 0.3) is 11.0 Å². The number of carbonyl (C=O) groups is 1. The zero-order valence-electron chi connectivity index (χ0n) is 20.4. The van der Waals surface area contributed by atoms with Crippen LogP contribution in [-0.4, -0.2) is 50.7 Å². The highest BCUT2D eigenvalue weighted by Gasteiger charge is 2.30. The fourth-order valence-electron chi connectivity index (χ4n) is 5.21. The lowest BCUT2D eigenvalue weighted by atomic mass is 10.0. The van der Waals surface area contributed by atoms with E-state index in [0.717, 1.165) is 47.5 Å². The van der Waals surface area contributed by atoms with E-state index in [9.17, 15) is 9.18 Å². The molecule has 2 N–H and O–H groups in total. The van der Waals surface area contributed by atoms with Crippen molar-refractivity contribution in [2.75, 3.05) is 18.0 Å². The maximum atomic E-state index is 13.7. The first-order chi connectivity index (χ1) is 17.4. The van der Waals surface area contributed by atoms with Crippen LogP contribution in [0.2, 0.25) is 0 Å². The van der Waals surface area contributed by atoms with E-state index in [2.05, 4.69) is 45.3 Å². The van der Waals surface area contributed by atoms with Gasteiger partial charge in [0.1, 0.15) is 11.5 Å². The molecule has 2 atom stereocenters.